The smallest absolute Gasteiger partial charge is 0.255 e. The number of hydrogen-bond acceptors (Lipinski definition) is 4. The molecule has 3 aliphatic rings. The van der Waals surface area contributed by atoms with Crippen molar-refractivity contribution < 1.29 is 19.7 Å². The van der Waals surface area contributed by atoms with Crippen LogP contribution in [0.1, 0.15) is 41.5 Å². The summed E-state index contributed by atoms with van der Waals surface area (Å²) in [4.78, 5) is 0. The molecule has 4 heteroatoms. The maximum absolute atomic E-state index is 12.3. The average Bonchev–Trinajstić information content (AvgIpc) is 3.19. The highest BCUT2D eigenvalue weighted by Crippen LogP contribution is 2.66. The monoisotopic (exact) mass is 416 g/mol. The molecule has 0 aromatic heterocycles. The highest BCUT2D eigenvalue weighted by atomic mass is 16.7. The van der Waals surface area contributed by atoms with Crippen LogP contribution in [0.2, 0.25) is 0 Å². The molecule has 0 spiro atoms. The number of allylic oxidation sites excluding steroid dienone is 3. The van der Waals surface area contributed by atoms with E-state index in [4.69, 9.17) is 9.47 Å². The van der Waals surface area contributed by atoms with Crippen LogP contribution in [0.3, 0.4) is 0 Å². The second kappa shape index (κ2) is 6.84. The van der Waals surface area contributed by atoms with Crippen LogP contribution in [0.15, 0.2) is 74.4 Å². The van der Waals surface area contributed by atoms with Crippen LogP contribution in [-0.2, 0) is 23.9 Å². The largest absolute Gasteiger partial charge is 0.489 e. The molecule has 1 fully saturated rings. The number of aliphatic hydroxyl groups is 2. The van der Waals surface area contributed by atoms with E-state index < -0.39 is 16.8 Å². The number of rotatable bonds is 6. The molecule has 1 saturated carbocycles. The van der Waals surface area contributed by atoms with E-state index in [9.17, 15) is 10.2 Å². The highest BCUT2D eigenvalue weighted by molar-refractivity contribution is 5.57. The van der Waals surface area contributed by atoms with E-state index in [1.807, 2.05) is 42.5 Å². The summed E-state index contributed by atoms with van der Waals surface area (Å²) in [5, 5.41) is 24.3. The van der Waals surface area contributed by atoms with Crippen molar-refractivity contribution in [3.05, 3.63) is 96.6 Å². The van der Waals surface area contributed by atoms with Crippen molar-refractivity contribution in [1.82, 2.24) is 0 Å². The topological polar surface area (TPSA) is 58.9 Å². The molecular formula is C27H28O4. The summed E-state index contributed by atoms with van der Waals surface area (Å²) in [6.07, 6.45) is 7.86. The van der Waals surface area contributed by atoms with Gasteiger partial charge in [-0.25, -0.2) is 0 Å². The SMILES string of the molecule is C=CCc1ccc2c(c1)C1(O)CCC3Oc4ccc(CC=C)cc4C3(CC=C)C1(O)O2. The minimum absolute atomic E-state index is 0.327. The second-order valence-electron chi connectivity index (χ2n) is 8.86. The van der Waals surface area contributed by atoms with Crippen LogP contribution in [0.4, 0.5) is 0 Å². The van der Waals surface area contributed by atoms with Crippen molar-refractivity contribution in [2.24, 2.45) is 0 Å². The van der Waals surface area contributed by atoms with Crippen molar-refractivity contribution in [2.45, 2.75) is 55.0 Å². The van der Waals surface area contributed by atoms with Crippen LogP contribution >= 0.6 is 0 Å². The summed E-state index contributed by atoms with van der Waals surface area (Å²) >= 11 is 0. The third-order valence-electron chi connectivity index (χ3n) is 7.25. The van der Waals surface area contributed by atoms with E-state index in [2.05, 4.69) is 25.8 Å². The molecule has 2 aliphatic heterocycles. The highest BCUT2D eigenvalue weighted by Gasteiger charge is 2.76. The van der Waals surface area contributed by atoms with Gasteiger partial charge in [0.05, 0.1) is 0 Å². The Bertz CT molecular complexity index is 1090. The van der Waals surface area contributed by atoms with Gasteiger partial charge in [-0.3, -0.25) is 0 Å². The molecular weight excluding hydrogens is 388 g/mol. The Hall–Kier alpha value is -2.82. The maximum Gasteiger partial charge on any atom is 0.255 e. The molecule has 160 valence electrons. The Kier molecular flexibility index (Phi) is 4.44. The summed E-state index contributed by atoms with van der Waals surface area (Å²) < 4.78 is 12.6. The van der Waals surface area contributed by atoms with E-state index in [-0.39, 0.29) is 6.10 Å². The number of benzene rings is 2. The summed E-state index contributed by atoms with van der Waals surface area (Å²) in [6, 6.07) is 11.7. The molecule has 31 heavy (non-hydrogen) atoms. The molecule has 2 aromatic rings. The predicted molar refractivity (Wildman–Crippen MR) is 120 cm³/mol. The van der Waals surface area contributed by atoms with E-state index in [1.165, 1.54) is 0 Å². The van der Waals surface area contributed by atoms with Crippen molar-refractivity contribution in [1.29, 1.82) is 0 Å². The minimum atomic E-state index is -1.88. The first kappa shape index (κ1) is 20.1. The fourth-order valence-electron chi connectivity index (χ4n) is 5.88. The Morgan fingerprint density at radius 2 is 1.55 bits per heavy atom. The van der Waals surface area contributed by atoms with Gasteiger partial charge >= 0.3 is 0 Å². The Balaban J connectivity index is 1.73. The first-order valence-corrected chi connectivity index (χ1v) is 10.8. The number of fused-ring (bicyclic) bond motifs is 7. The standard InChI is InChI=1S/C27H28O4/c1-4-7-18-9-11-22-20(16-18)25(14-6-3)24(30-22)13-15-26(28)21-17-19(8-5-2)10-12-23(21)31-27(25,26)29/h4-6,9-12,16-17,24,28-29H,1-3,7-8,13-15H2. The van der Waals surface area contributed by atoms with Crippen LogP contribution in [0.25, 0.3) is 0 Å². The lowest BCUT2D eigenvalue weighted by Crippen LogP contribution is -2.71. The first-order valence-electron chi connectivity index (χ1n) is 10.8. The van der Waals surface area contributed by atoms with Crippen molar-refractivity contribution in [3.63, 3.8) is 0 Å². The molecule has 5 rings (SSSR count). The van der Waals surface area contributed by atoms with Gasteiger partial charge < -0.3 is 19.7 Å². The molecule has 4 unspecified atom stereocenters. The second-order valence-corrected chi connectivity index (χ2v) is 8.86. The molecule has 1 aliphatic carbocycles. The number of ether oxygens (including phenoxy) is 2. The number of hydrogen-bond donors (Lipinski definition) is 2. The van der Waals surface area contributed by atoms with Crippen LogP contribution in [0.5, 0.6) is 11.5 Å². The zero-order chi connectivity index (χ0) is 21.9. The molecule has 4 nitrogen and oxygen atoms in total. The van der Waals surface area contributed by atoms with Crippen molar-refractivity contribution in [2.75, 3.05) is 0 Å². The third-order valence-corrected chi connectivity index (χ3v) is 7.25. The fraction of sp³-hybridized carbons (Fsp3) is 0.333. The summed E-state index contributed by atoms with van der Waals surface area (Å²) in [5.74, 6) is -0.647. The molecule has 0 amide bonds. The van der Waals surface area contributed by atoms with E-state index in [0.29, 0.717) is 43.4 Å². The zero-order valence-electron chi connectivity index (χ0n) is 17.6. The zero-order valence-corrected chi connectivity index (χ0v) is 17.6. The maximum atomic E-state index is 12.3. The van der Waals surface area contributed by atoms with Crippen LogP contribution in [-0.4, -0.2) is 22.1 Å². The molecule has 0 saturated heterocycles. The van der Waals surface area contributed by atoms with Gasteiger partial charge in [0.15, 0.2) is 5.60 Å². The lowest BCUT2D eigenvalue weighted by molar-refractivity contribution is -0.311. The van der Waals surface area contributed by atoms with Crippen molar-refractivity contribution in [3.8, 4) is 11.5 Å². The first-order chi connectivity index (χ1) is 14.9. The summed E-state index contributed by atoms with van der Waals surface area (Å²) in [7, 11) is 0. The van der Waals surface area contributed by atoms with E-state index >= 15 is 0 Å². The minimum Gasteiger partial charge on any atom is -0.489 e. The van der Waals surface area contributed by atoms with Gasteiger partial charge in [-0.05, 0) is 61.4 Å². The molecule has 0 bridgehead atoms. The van der Waals surface area contributed by atoms with Gasteiger partial charge in [0.1, 0.15) is 23.0 Å². The molecule has 4 atom stereocenters. The lowest BCUT2D eigenvalue weighted by atomic mass is 9.56. The van der Waals surface area contributed by atoms with E-state index in [0.717, 1.165) is 22.4 Å². The average molecular weight is 417 g/mol. The molecule has 2 N–H and O–H groups in total. The van der Waals surface area contributed by atoms with Gasteiger partial charge in [-0.2, -0.15) is 0 Å². The lowest BCUT2D eigenvalue weighted by Gasteiger charge is -2.53. The van der Waals surface area contributed by atoms with Gasteiger partial charge in [-0.1, -0.05) is 36.4 Å². The Labute approximate surface area is 183 Å². The predicted octanol–water partition coefficient (Wildman–Crippen LogP) is 4.48. The van der Waals surface area contributed by atoms with Crippen molar-refractivity contribution >= 4 is 0 Å². The summed E-state index contributed by atoms with van der Waals surface area (Å²) in [6.45, 7) is 11.6. The van der Waals surface area contributed by atoms with Gasteiger partial charge in [0.2, 0.25) is 0 Å². The molecule has 0 radical (unpaired) electrons. The molecule has 2 aromatic carbocycles. The Morgan fingerprint density at radius 1 is 0.903 bits per heavy atom. The Morgan fingerprint density at radius 3 is 2.19 bits per heavy atom. The van der Waals surface area contributed by atoms with Gasteiger partial charge in [0.25, 0.3) is 5.79 Å². The van der Waals surface area contributed by atoms with Crippen LogP contribution in [0, 0.1) is 0 Å². The molecule has 2 heterocycles. The third kappa shape index (κ3) is 2.43. The normalized spacial score (nSPS) is 32.0. The summed E-state index contributed by atoms with van der Waals surface area (Å²) in [5.41, 5.74) is 1.04. The van der Waals surface area contributed by atoms with Crippen LogP contribution < -0.4 is 9.47 Å². The van der Waals surface area contributed by atoms with E-state index in [1.54, 1.807) is 6.08 Å². The van der Waals surface area contributed by atoms with Gasteiger partial charge in [-0.15, -0.1) is 19.7 Å². The fourth-order valence-corrected chi connectivity index (χ4v) is 5.88. The van der Waals surface area contributed by atoms with Gasteiger partial charge in [0, 0.05) is 11.1 Å². The quantitative estimate of drug-likeness (QED) is 0.682.